The smallest absolute Gasteiger partial charge is 0.0351 e. The van der Waals surface area contributed by atoms with Gasteiger partial charge >= 0.3 is 0 Å². The minimum absolute atomic E-state index is 0.393. The van der Waals surface area contributed by atoms with Gasteiger partial charge in [-0.25, -0.2) is 0 Å². The second kappa shape index (κ2) is 3.37. The lowest BCUT2D eigenvalue weighted by Crippen LogP contribution is -1.85. The normalized spacial score (nSPS) is 9.80. The second-order valence-electron chi connectivity index (χ2n) is 2.35. The van der Waals surface area contributed by atoms with Crippen LogP contribution in [0.1, 0.15) is 18.1 Å². The summed E-state index contributed by atoms with van der Waals surface area (Å²) in [6.45, 7) is 2.53. The average molecular weight is 134 g/mol. The molecule has 0 saturated carbocycles. The number of rotatable bonds is 2. The van der Waals surface area contributed by atoms with Gasteiger partial charge in [-0.1, -0.05) is 31.2 Å². The molecule has 1 aromatic rings. The van der Waals surface area contributed by atoms with Crippen LogP contribution in [0.15, 0.2) is 24.3 Å². The molecule has 1 N–H and O–H groups in total. The van der Waals surface area contributed by atoms with Crippen LogP contribution in [-0.4, -0.2) is 0 Å². The zero-order valence-electron chi connectivity index (χ0n) is 6.22. The third-order valence-electron chi connectivity index (χ3n) is 1.64. The molecule has 0 bridgehead atoms. The van der Waals surface area contributed by atoms with Crippen LogP contribution in [0.25, 0.3) is 0 Å². The third kappa shape index (κ3) is 1.58. The van der Waals surface area contributed by atoms with Gasteiger partial charge in [0.15, 0.2) is 0 Å². The number of nitrogens with one attached hydrogen (secondary N) is 1. The summed E-state index contributed by atoms with van der Waals surface area (Å²) in [5.74, 6) is 0. The van der Waals surface area contributed by atoms with Crippen LogP contribution >= 0.6 is 0 Å². The monoisotopic (exact) mass is 134 g/mol. The van der Waals surface area contributed by atoms with Crippen molar-refractivity contribution in [3.63, 3.8) is 0 Å². The van der Waals surface area contributed by atoms with Crippen LogP contribution in [0.3, 0.4) is 0 Å². The number of hydrogen-bond donors (Lipinski definition) is 0. The van der Waals surface area contributed by atoms with Crippen molar-refractivity contribution in [1.29, 1.82) is 0 Å². The summed E-state index contributed by atoms with van der Waals surface area (Å²) in [6.07, 6.45) is 1.08. The Morgan fingerprint density at radius 3 is 2.00 bits per heavy atom. The van der Waals surface area contributed by atoms with E-state index >= 15 is 0 Å². The van der Waals surface area contributed by atoms with E-state index in [-0.39, 0.29) is 0 Å². The van der Waals surface area contributed by atoms with Crippen LogP contribution in [0.5, 0.6) is 0 Å². The lowest BCUT2D eigenvalue weighted by atomic mass is 10.1. The summed E-state index contributed by atoms with van der Waals surface area (Å²) in [5.41, 5.74) is 9.51. The van der Waals surface area contributed by atoms with Gasteiger partial charge in [0.05, 0.1) is 0 Å². The molecule has 0 heterocycles. The molecule has 53 valence electrons. The van der Waals surface area contributed by atoms with E-state index in [1.165, 1.54) is 5.56 Å². The predicted molar refractivity (Wildman–Crippen MR) is 42.6 cm³/mol. The quantitative estimate of drug-likeness (QED) is 0.591. The summed E-state index contributed by atoms with van der Waals surface area (Å²) >= 11 is 0. The maximum absolute atomic E-state index is 7.07. The van der Waals surface area contributed by atoms with Crippen LogP contribution in [0.4, 0.5) is 0 Å². The van der Waals surface area contributed by atoms with Crippen molar-refractivity contribution >= 4 is 0 Å². The van der Waals surface area contributed by atoms with Gasteiger partial charge in [-0.3, -0.25) is 5.73 Å². The van der Waals surface area contributed by atoms with Crippen molar-refractivity contribution in [1.82, 2.24) is 5.73 Å². The van der Waals surface area contributed by atoms with E-state index < -0.39 is 0 Å². The van der Waals surface area contributed by atoms with E-state index in [9.17, 15) is 0 Å². The minimum Gasteiger partial charge on any atom is -0.253 e. The van der Waals surface area contributed by atoms with E-state index in [4.69, 9.17) is 5.73 Å². The molecule has 1 rings (SSSR count). The van der Waals surface area contributed by atoms with Crippen LogP contribution in [0, 0.1) is 0 Å². The number of benzene rings is 1. The minimum atomic E-state index is 0.393. The zero-order chi connectivity index (χ0) is 7.40. The first-order valence-electron chi connectivity index (χ1n) is 3.59. The van der Waals surface area contributed by atoms with Crippen molar-refractivity contribution in [2.24, 2.45) is 0 Å². The lowest BCUT2D eigenvalue weighted by molar-refractivity contribution is 1.02. The van der Waals surface area contributed by atoms with Gasteiger partial charge in [-0.2, -0.15) is 0 Å². The molecule has 1 aromatic carbocycles. The molecule has 1 nitrogen and oxygen atoms in total. The van der Waals surface area contributed by atoms with Gasteiger partial charge in [0, 0.05) is 6.54 Å². The summed E-state index contributed by atoms with van der Waals surface area (Å²) in [5, 5.41) is 0. The molecule has 0 aromatic heterocycles. The van der Waals surface area contributed by atoms with E-state index in [0.29, 0.717) is 6.54 Å². The molecule has 0 aliphatic rings. The molecule has 1 radical (unpaired) electrons. The highest BCUT2D eigenvalue weighted by Gasteiger charge is 1.88. The van der Waals surface area contributed by atoms with Crippen LogP contribution in [0.2, 0.25) is 0 Å². The van der Waals surface area contributed by atoms with Crippen LogP contribution < -0.4 is 5.73 Å². The van der Waals surface area contributed by atoms with Gasteiger partial charge in [0.2, 0.25) is 0 Å². The Bertz CT molecular complexity index is 165. The fourth-order valence-corrected chi connectivity index (χ4v) is 0.893. The molecule has 0 aliphatic carbocycles. The molecule has 1 heteroatoms. The molecule has 10 heavy (non-hydrogen) atoms. The molecule has 0 spiro atoms. The summed E-state index contributed by atoms with van der Waals surface area (Å²) in [6, 6.07) is 8.21. The first-order chi connectivity index (χ1) is 4.86. The molecule has 0 aliphatic heterocycles. The topological polar surface area (TPSA) is 23.8 Å². The Labute approximate surface area is 61.9 Å². The average Bonchev–Trinajstić information content (AvgIpc) is 2.05. The van der Waals surface area contributed by atoms with Gasteiger partial charge in [0.1, 0.15) is 0 Å². The Morgan fingerprint density at radius 2 is 1.60 bits per heavy atom. The van der Waals surface area contributed by atoms with Crippen molar-refractivity contribution in [2.75, 3.05) is 0 Å². The van der Waals surface area contributed by atoms with Crippen LogP contribution in [-0.2, 0) is 13.0 Å². The molecule has 0 unspecified atom stereocenters. The highest BCUT2D eigenvalue weighted by molar-refractivity contribution is 5.21. The highest BCUT2D eigenvalue weighted by atomic mass is 14.5. The first-order valence-corrected chi connectivity index (χ1v) is 3.59. The molecule has 0 fully saturated rings. The highest BCUT2D eigenvalue weighted by Crippen LogP contribution is 2.03. The number of aryl methyl sites for hydroxylation is 1. The van der Waals surface area contributed by atoms with Gasteiger partial charge in [0.25, 0.3) is 0 Å². The molecular weight excluding hydrogens is 122 g/mol. The Hall–Kier alpha value is -0.820. The Balaban J connectivity index is 2.80. The van der Waals surface area contributed by atoms with Crippen molar-refractivity contribution in [3.05, 3.63) is 35.4 Å². The van der Waals surface area contributed by atoms with E-state index in [1.807, 2.05) is 12.1 Å². The predicted octanol–water partition coefficient (Wildman–Crippen LogP) is 2.03. The summed E-state index contributed by atoms with van der Waals surface area (Å²) < 4.78 is 0. The first kappa shape index (κ1) is 7.29. The van der Waals surface area contributed by atoms with Gasteiger partial charge in [-0.15, -0.1) is 0 Å². The molecule has 0 saturated heterocycles. The third-order valence-corrected chi connectivity index (χ3v) is 1.64. The van der Waals surface area contributed by atoms with Crippen molar-refractivity contribution in [3.8, 4) is 0 Å². The summed E-state index contributed by atoms with van der Waals surface area (Å²) in [7, 11) is 0. The van der Waals surface area contributed by atoms with Crippen molar-refractivity contribution in [2.45, 2.75) is 19.9 Å². The fourth-order valence-electron chi connectivity index (χ4n) is 0.893. The van der Waals surface area contributed by atoms with Crippen molar-refractivity contribution < 1.29 is 0 Å². The maximum atomic E-state index is 7.07. The van der Waals surface area contributed by atoms with E-state index in [0.717, 1.165) is 12.0 Å². The fraction of sp³-hybridized carbons (Fsp3) is 0.333. The standard InChI is InChI=1S/C9H12N/c1-2-8-3-5-9(7-10)6-4-8/h3-6,10H,2,7H2,1H3. The SMILES string of the molecule is CCc1ccc(C[NH])cc1. The molecule has 0 atom stereocenters. The van der Waals surface area contributed by atoms with E-state index in [2.05, 4.69) is 19.1 Å². The second-order valence-corrected chi connectivity index (χ2v) is 2.35. The summed E-state index contributed by atoms with van der Waals surface area (Å²) in [4.78, 5) is 0. The number of hydrogen-bond acceptors (Lipinski definition) is 0. The largest absolute Gasteiger partial charge is 0.253 e. The zero-order valence-corrected chi connectivity index (χ0v) is 6.22. The maximum Gasteiger partial charge on any atom is 0.0351 e. The molecular formula is C9H12N. The Morgan fingerprint density at radius 1 is 1.10 bits per heavy atom. The van der Waals surface area contributed by atoms with E-state index in [1.54, 1.807) is 0 Å². The van der Waals surface area contributed by atoms with Gasteiger partial charge in [-0.05, 0) is 17.5 Å². The molecule has 0 amide bonds. The van der Waals surface area contributed by atoms with Gasteiger partial charge < -0.3 is 0 Å². The lowest BCUT2D eigenvalue weighted by Gasteiger charge is -1.97. The Kier molecular flexibility index (Phi) is 2.46.